The third-order valence-corrected chi connectivity index (χ3v) is 6.42. The molecule has 38 heavy (non-hydrogen) atoms. The fourth-order valence-electron chi connectivity index (χ4n) is 4.68. The molecular formula is C34H24IrN2O-2. The Morgan fingerprint density at radius 1 is 0.684 bits per heavy atom. The van der Waals surface area contributed by atoms with E-state index in [-0.39, 0.29) is 20.1 Å². The van der Waals surface area contributed by atoms with Crippen LogP contribution in [-0.4, -0.2) is 9.97 Å². The predicted octanol–water partition coefficient (Wildman–Crippen LogP) is 8.76. The number of nitrogens with zero attached hydrogens (tertiary/aromatic N) is 2. The van der Waals surface area contributed by atoms with Gasteiger partial charge in [-0.3, -0.25) is 0 Å². The van der Waals surface area contributed by atoms with E-state index in [0.717, 1.165) is 61.0 Å². The van der Waals surface area contributed by atoms with Crippen LogP contribution in [0.1, 0.15) is 11.1 Å². The quantitative estimate of drug-likeness (QED) is 0.173. The first-order valence-electron chi connectivity index (χ1n) is 12.3. The maximum Gasteiger partial charge on any atom is 0.123 e. The van der Waals surface area contributed by atoms with Gasteiger partial charge < -0.3 is 14.4 Å². The second kappa shape index (κ2) is 11.1. The van der Waals surface area contributed by atoms with Crippen molar-refractivity contribution in [2.75, 3.05) is 0 Å². The Bertz CT molecular complexity index is 1800. The first-order valence-corrected chi connectivity index (χ1v) is 12.3. The van der Waals surface area contributed by atoms with E-state index >= 15 is 0 Å². The molecule has 0 unspecified atom stereocenters. The largest absolute Gasteiger partial charge is 0.500 e. The topological polar surface area (TPSA) is 38.9 Å². The summed E-state index contributed by atoms with van der Waals surface area (Å²) < 4.78 is 6.30. The van der Waals surface area contributed by atoms with E-state index in [4.69, 9.17) is 4.42 Å². The molecule has 1 radical (unpaired) electrons. The van der Waals surface area contributed by atoms with Crippen LogP contribution >= 0.6 is 0 Å². The van der Waals surface area contributed by atoms with Gasteiger partial charge in [-0.2, -0.15) is 0 Å². The first kappa shape index (κ1) is 25.5. The zero-order chi connectivity index (χ0) is 25.2. The normalized spacial score (nSPS) is 10.7. The number of benzene rings is 4. The van der Waals surface area contributed by atoms with Crippen LogP contribution in [0, 0.1) is 26.0 Å². The van der Waals surface area contributed by atoms with Gasteiger partial charge in [-0.05, 0) is 46.8 Å². The molecule has 0 spiro atoms. The zero-order valence-corrected chi connectivity index (χ0v) is 23.4. The molecule has 0 N–H and O–H groups in total. The van der Waals surface area contributed by atoms with E-state index in [9.17, 15) is 0 Å². The summed E-state index contributed by atoms with van der Waals surface area (Å²) in [6, 6.07) is 39.1. The summed E-state index contributed by atoms with van der Waals surface area (Å²) in [5.74, 6) is 0. The van der Waals surface area contributed by atoms with Crippen LogP contribution in [0.25, 0.3) is 55.2 Å². The van der Waals surface area contributed by atoms with E-state index in [1.54, 1.807) is 6.20 Å². The van der Waals surface area contributed by atoms with Gasteiger partial charge in [0.1, 0.15) is 5.58 Å². The molecule has 7 rings (SSSR count). The number of furan rings is 1. The van der Waals surface area contributed by atoms with Gasteiger partial charge in [0.2, 0.25) is 0 Å². The molecule has 0 aliphatic carbocycles. The SMILES string of the molecule is Cc1[c-]c(-c2nccc3ccccc23)c2oc3c(C)cccc3c2c1.[Ir].[c-]1ccccc1-c1ccccn1. The average molecular weight is 669 g/mol. The first-order chi connectivity index (χ1) is 18.2. The number of aryl methyl sites for hydroxylation is 2. The summed E-state index contributed by atoms with van der Waals surface area (Å²) in [7, 11) is 0. The Balaban J connectivity index is 0.000000191. The smallest absolute Gasteiger partial charge is 0.123 e. The van der Waals surface area contributed by atoms with Crippen LogP contribution in [-0.2, 0) is 20.1 Å². The van der Waals surface area contributed by atoms with Gasteiger partial charge in [0, 0.05) is 37.9 Å². The van der Waals surface area contributed by atoms with Crippen molar-refractivity contribution in [2.45, 2.75) is 13.8 Å². The summed E-state index contributed by atoms with van der Waals surface area (Å²) in [5, 5.41) is 4.56. The van der Waals surface area contributed by atoms with Crippen molar-refractivity contribution in [3.05, 3.63) is 133 Å². The van der Waals surface area contributed by atoms with E-state index in [0.29, 0.717) is 0 Å². The van der Waals surface area contributed by atoms with Crippen LogP contribution in [0.2, 0.25) is 0 Å². The number of rotatable bonds is 2. The second-order valence-corrected chi connectivity index (χ2v) is 9.00. The van der Waals surface area contributed by atoms with Gasteiger partial charge in [0.15, 0.2) is 0 Å². The molecule has 0 saturated carbocycles. The van der Waals surface area contributed by atoms with Crippen LogP contribution in [0.5, 0.6) is 0 Å². The fraction of sp³-hybridized carbons (Fsp3) is 0.0588. The number of para-hydroxylation sites is 1. The van der Waals surface area contributed by atoms with Crippen molar-refractivity contribution in [3.8, 4) is 22.5 Å². The molecular weight excluding hydrogens is 645 g/mol. The summed E-state index contributed by atoms with van der Waals surface area (Å²) >= 11 is 0. The summed E-state index contributed by atoms with van der Waals surface area (Å²) in [6.45, 7) is 4.15. The maximum absolute atomic E-state index is 6.30. The van der Waals surface area contributed by atoms with Crippen molar-refractivity contribution >= 4 is 32.7 Å². The number of pyridine rings is 2. The van der Waals surface area contributed by atoms with E-state index in [1.807, 2.05) is 66.9 Å². The maximum atomic E-state index is 6.30. The third-order valence-electron chi connectivity index (χ3n) is 6.42. The number of aromatic nitrogens is 2. The van der Waals surface area contributed by atoms with E-state index < -0.39 is 0 Å². The van der Waals surface area contributed by atoms with E-state index in [2.05, 4.69) is 72.3 Å². The molecule has 3 heterocycles. The molecule has 0 aliphatic heterocycles. The summed E-state index contributed by atoms with van der Waals surface area (Å²) in [4.78, 5) is 8.89. The van der Waals surface area contributed by atoms with Crippen LogP contribution < -0.4 is 0 Å². The number of fused-ring (bicyclic) bond motifs is 4. The number of hydrogen-bond acceptors (Lipinski definition) is 3. The van der Waals surface area contributed by atoms with Crippen LogP contribution in [0.15, 0.2) is 114 Å². The third kappa shape index (κ3) is 4.89. The molecule has 0 saturated heterocycles. The minimum absolute atomic E-state index is 0. The molecule has 4 heteroatoms. The van der Waals surface area contributed by atoms with Gasteiger partial charge in [-0.15, -0.1) is 53.6 Å². The minimum atomic E-state index is 0. The summed E-state index contributed by atoms with van der Waals surface area (Å²) in [5.41, 5.74) is 7.89. The Kier molecular flexibility index (Phi) is 7.46. The van der Waals surface area contributed by atoms with Crippen molar-refractivity contribution in [1.82, 2.24) is 9.97 Å². The van der Waals surface area contributed by atoms with Gasteiger partial charge in [0.05, 0.1) is 5.58 Å². The van der Waals surface area contributed by atoms with Gasteiger partial charge in [0.25, 0.3) is 0 Å². The molecule has 0 amide bonds. The monoisotopic (exact) mass is 669 g/mol. The number of hydrogen-bond donors (Lipinski definition) is 0. The van der Waals surface area contributed by atoms with Gasteiger partial charge in [-0.1, -0.05) is 72.5 Å². The molecule has 0 atom stereocenters. The molecule has 0 aliphatic rings. The Hall–Kier alpha value is -4.11. The van der Waals surface area contributed by atoms with Gasteiger partial charge >= 0.3 is 0 Å². The van der Waals surface area contributed by atoms with Crippen molar-refractivity contribution in [1.29, 1.82) is 0 Å². The standard InChI is InChI=1S/C23H16NO.C11H8N.Ir/c1-14-12-19-18-9-5-6-15(2)22(18)25-23(19)20(13-14)21-17-8-4-3-7-16(17)10-11-24-21;1-2-6-10(7-3-1)11-8-4-5-9-12-11;/h3-12H,1-2H3;1-6,8-9H;/q2*-1;. The molecule has 3 aromatic heterocycles. The Labute approximate surface area is 235 Å². The molecule has 0 fully saturated rings. The Morgan fingerprint density at radius 3 is 2.32 bits per heavy atom. The van der Waals surface area contributed by atoms with Crippen molar-refractivity contribution in [3.63, 3.8) is 0 Å². The van der Waals surface area contributed by atoms with Crippen molar-refractivity contribution < 1.29 is 24.5 Å². The molecule has 187 valence electrons. The summed E-state index contributed by atoms with van der Waals surface area (Å²) in [6.07, 6.45) is 3.64. The van der Waals surface area contributed by atoms with E-state index in [1.165, 1.54) is 5.39 Å². The van der Waals surface area contributed by atoms with Crippen LogP contribution in [0.3, 0.4) is 0 Å². The van der Waals surface area contributed by atoms with Crippen molar-refractivity contribution in [2.24, 2.45) is 0 Å². The average Bonchev–Trinajstić information content (AvgIpc) is 3.33. The molecule has 4 aromatic carbocycles. The predicted molar refractivity (Wildman–Crippen MR) is 151 cm³/mol. The zero-order valence-electron chi connectivity index (χ0n) is 21.0. The molecule has 7 aromatic rings. The fourth-order valence-corrected chi connectivity index (χ4v) is 4.68. The minimum Gasteiger partial charge on any atom is -0.500 e. The molecule has 3 nitrogen and oxygen atoms in total. The second-order valence-electron chi connectivity index (χ2n) is 9.00. The van der Waals surface area contributed by atoms with Crippen LogP contribution in [0.4, 0.5) is 0 Å². The Morgan fingerprint density at radius 2 is 1.50 bits per heavy atom. The molecule has 0 bridgehead atoms. The van der Waals surface area contributed by atoms with Gasteiger partial charge in [-0.25, -0.2) is 0 Å².